The maximum atomic E-state index is 13.7. The molecule has 8 nitrogen and oxygen atoms in total. The summed E-state index contributed by atoms with van der Waals surface area (Å²) < 4.78 is 17.0. The number of carboxylic acids is 1. The molecule has 8 heteroatoms. The summed E-state index contributed by atoms with van der Waals surface area (Å²) in [7, 11) is 0. The third-order valence-corrected chi connectivity index (χ3v) is 8.56. The van der Waals surface area contributed by atoms with Gasteiger partial charge in [0, 0.05) is 24.2 Å². The summed E-state index contributed by atoms with van der Waals surface area (Å²) in [5.41, 5.74) is 6.91. The summed E-state index contributed by atoms with van der Waals surface area (Å²) in [5.74, 6) is -0.188. The number of carbonyl (C=O) groups is 2. The van der Waals surface area contributed by atoms with Crippen LogP contribution in [-0.2, 0) is 22.4 Å². The zero-order valence-electron chi connectivity index (χ0n) is 25.7. The van der Waals surface area contributed by atoms with Crippen molar-refractivity contribution >= 4 is 17.6 Å². The van der Waals surface area contributed by atoms with Crippen molar-refractivity contribution in [2.24, 2.45) is 5.92 Å². The number of rotatable bonds is 11. The number of hydrogen-bond acceptors (Lipinski definition) is 6. The SMILES string of the molecule is CCCOc1ccc([C@H]2C(C(=O)O)[C@@H](c3cc4c(cc3C)OCO4)CN2CC(=O)Nc2c(CC)cc(C)cc2CC)cc1. The minimum atomic E-state index is -0.902. The van der Waals surface area contributed by atoms with Gasteiger partial charge in [0.05, 0.1) is 19.1 Å². The van der Waals surface area contributed by atoms with Gasteiger partial charge in [-0.2, -0.15) is 0 Å². The van der Waals surface area contributed by atoms with Crippen molar-refractivity contribution in [3.05, 3.63) is 81.9 Å². The second kappa shape index (κ2) is 13.1. The highest BCUT2D eigenvalue weighted by Gasteiger charge is 2.48. The van der Waals surface area contributed by atoms with E-state index in [2.05, 4.69) is 45.1 Å². The van der Waals surface area contributed by atoms with E-state index in [1.54, 1.807) is 0 Å². The van der Waals surface area contributed by atoms with Crippen molar-refractivity contribution in [2.45, 2.75) is 65.8 Å². The Bertz CT molecular complexity index is 1460. The fraction of sp³-hybridized carbons (Fsp3) is 0.429. The smallest absolute Gasteiger partial charge is 0.309 e. The lowest BCUT2D eigenvalue weighted by molar-refractivity contribution is -0.143. The number of fused-ring (bicyclic) bond motifs is 1. The Hall–Kier alpha value is -4.04. The average Bonchev–Trinajstić information content (AvgIpc) is 3.60. The molecule has 2 aliphatic heterocycles. The maximum Gasteiger partial charge on any atom is 0.309 e. The first kappa shape index (κ1) is 30.4. The van der Waals surface area contributed by atoms with Crippen LogP contribution < -0.4 is 19.5 Å². The Kier molecular flexibility index (Phi) is 9.25. The summed E-state index contributed by atoms with van der Waals surface area (Å²) >= 11 is 0. The Morgan fingerprint density at radius 3 is 2.23 bits per heavy atom. The van der Waals surface area contributed by atoms with Crippen molar-refractivity contribution < 1.29 is 28.9 Å². The van der Waals surface area contributed by atoms with Crippen LogP contribution in [0.2, 0.25) is 0 Å². The highest BCUT2D eigenvalue weighted by molar-refractivity contribution is 5.94. The lowest BCUT2D eigenvalue weighted by atomic mass is 9.81. The molecule has 43 heavy (non-hydrogen) atoms. The summed E-state index contributed by atoms with van der Waals surface area (Å²) in [6.45, 7) is 11.5. The largest absolute Gasteiger partial charge is 0.494 e. The van der Waals surface area contributed by atoms with E-state index < -0.39 is 17.9 Å². The molecular formula is C35H42N2O6. The maximum absolute atomic E-state index is 13.7. The number of carboxylic acid groups (broad SMARTS) is 1. The third kappa shape index (κ3) is 6.34. The lowest BCUT2D eigenvalue weighted by Gasteiger charge is -2.27. The van der Waals surface area contributed by atoms with Crippen LogP contribution in [0.1, 0.15) is 72.5 Å². The Morgan fingerprint density at radius 2 is 1.63 bits per heavy atom. The van der Waals surface area contributed by atoms with Gasteiger partial charge in [-0.25, -0.2) is 0 Å². The van der Waals surface area contributed by atoms with Crippen molar-refractivity contribution in [2.75, 3.05) is 31.8 Å². The number of benzene rings is 3. The van der Waals surface area contributed by atoms with Gasteiger partial charge in [-0.15, -0.1) is 0 Å². The molecule has 0 saturated carbocycles. The van der Waals surface area contributed by atoms with E-state index >= 15 is 0 Å². The lowest BCUT2D eigenvalue weighted by Crippen LogP contribution is -2.35. The number of nitrogens with zero attached hydrogens (tertiary/aromatic N) is 1. The van der Waals surface area contributed by atoms with Gasteiger partial charge >= 0.3 is 5.97 Å². The Balaban J connectivity index is 1.50. The molecule has 0 spiro atoms. The first-order chi connectivity index (χ1) is 20.7. The van der Waals surface area contributed by atoms with Gasteiger partial charge in [-0.3, -0.25) is 14.5 Å². The van der Waals surface area contributed by atoms with Crippen LogP contribution in [0.5, 0.6) is 17.2 Å². The second-order valence-corrected chi connectivity index (χ2v) is 11.5. The topological polar surface area (TPSA) is 97.3 Å². The van der Waals surface area contributed by atoms with Gasteiger partial charge in [0.25, 0.3) is 0 Å². The minimum Gasteiger partial charge on any atom is -0.494 e. The van der Waals surface area contributed by atoms with E-state index in [-0.39, 0.29) is 25.2 Å². The number of likely N-dealkylation sites (tertiary alicyclic amines) is 1. The number of aliphatic carboxylic acids is 1. The van der Waals surface area contributed by atoms with Crippen molar-refractivity contribution in [1.82, 2.24) is 4.90 Å². The van der Waals surface area contributed by atoms with Gasteiger partial charge in [0.2, 0.25) is 12.7 Å². The predicted octanol–water partition coefficient (Wildman–Crippen LogP) is 6.43. The molecule has 3 atom stereocenters. The molecule has 228 valence electrons. The van der Waals surface area contributed by atoms with Crippen LogP contribution in [-0.4, -0.2) is 48.4 Å². The number of hydrogen-bond donors (Lipinski definition) is 2. The van der Waals surface area contributed by atoms with E-state index in [1.807, 2.05) is 48.2 Å². The highest BCUT2D eigenvalue weighted by Crippen LogP contribution is 2.49. The number of ether oxygens (including phenoxy) is 3. The monoisotopic (exact) mass is 586 g/mol. The van der Waals surface area contributed by atoms with Crippen LogP contribution in [0, 0.1) is 19.8 Å². The zero-order valence-corrected chi connectivity index (χ0v) is 25.7. The minimum absolute atomic E-state index is 0.0584. The van der Waals surface area contributed by atoms with Crippen LogP contribution in [0.3, 0.4) is 0 Å². The van der Waals surface area contributed by atoms with Gasteiger partial charge in [0.1, 0.15) is 5.75 Å². The van der Waals surface area contributed by atoms with Crippen molar-refractivity contribution in [3.8, 4) is 17.2 Å². The van der Waals surface area contributed by atoms with Crippen molar-refractivity contribution in [3.63, 3.8) is 0 Å². The van der Waals surface area contributed by atoms with Crippen LogP contribution in [0.15, 0.2) is 48.5 Å². The molecule has 1 fully saturated rings. The summed E-state index contributed by atoms with van der Waals surface area (Å²) in [6, 6.07) is 15.2. The number of aryl methyl sites for hydroxylation is 4. The van der Waals surface area contributed by atoms with Gasteiger partial charge < -0.3 is 24.6 Å². The first-order valence-electron chi connectivity index (χ1n) is 15.3. The molecule has 1 unspecified atom stereocenters. The molecule has 0 aliphatic carbocycles. The second-order valence-electron chi connectivity index (χ2n) is 11.5. The quantitative estimate of drug-likeness (QED) is 0.267. The molecule has 1 amide bonds. The normalized spacial score (nSPS) is 19.4. The highest BCUT2D eigenvalue weighted by atomic mass is 16.7. The fourth-order valence-corrected chi connectivity index (χ4v) is 6.57. The molecule has 5 rings (SSSR count). The molecule has 3 aromatic rings. The standard InChI is InChI=1S/C35H42N2O6/c1-6-13-41-26-11-9-25(10-12-26)34-32(35(39)40)28(27-17-30-29(16-22(27)5)42-20-43-30)18-37(34)19-31(38)36-33-23(7-2)14-21(4)15-24(33)8-3/h9-12,14-17,28,32,34H,6-8,13,18-20H2,1-5H3,(H,36,38)(H,39,40)/t28-,32?,34+/m1/s1. The summed E-state index contributed by atoms with van der Waals surface area (Å²) in [6.07, 6.45) is 2.50. The van der Waals surface area contributed by atoms with Crippen LogP contribution in [0.25, 0.3) is 0 Å². The zero-order chi connectivity index (χ0) is 30.7. The van der Waals surface area contributed by atoms with Crippen LogP contribution in [0.4, 0.5) is 5.69 Å². The fourth-order valence-electron chi connectivity index (χ4n) is 6.57. The summed E-state index contributed by atoms with van der Waals surface area (Å²) in [5, 5.41) is 13.9. The summed E-state index contributed by atoms with van der Waals surface area (Å²) in [4.78, 5) is 28.8. The number of amides is 1. The van der Waals surface area contributed by atoms with E-state index in [0.29, 0.717) is 24.7 Å². The van der Waals surface area contributed by atoms with Gasteiger partial charge in [-0.05, 0) is 85.2 Å². The molecule has 1 saturated heterocycles. The van der Waals surface area contributed by atoms with E-state index in [0.717, 1.165) is 58.5 Å². The van der Waals surface area contributed by atoms with Gasteiger partial charge in [0.15, 0.2) is 11.5 Å². The Labute approximate surface area is 254 Å². The molecule has 0 aromatic heterocycles. The van der Waals surface area contributed by atoms with Crippen molar-refractivity contribution in [1.29, 1.82) is 0 Å². The number of nitrogens with one attached hydrogen (secondary N) is 1. The Morgan fingerprint density at radius 1 is 0.977 bits per heavy atom. The number of carbonyl (C=O) groups excluding carboxylic acids is 1. The molecule has 0 radical (unpaired) electrons. The predicted molar refractivity (Wildman–Crippen MR) is 166 cm³/mol. The number of anilines is 1. The molecule has 0 bridgehead atoms. The first-order valence-corrected chi connectivity index (χ1v) is 15.3. The van der Waals surface area contributed by atoms with E-state index in [1.165, 1.54) is 5.56 Å². The molecular weight excluding hydrogens is 544 g/mol. The average molecular weight is 587 g/mol. The molecule has 3 aromatic carbocycles. The molecule has 2 heterocycles. The molecule has 2 N–H and O–H groups in total. The van der Waals surface area contributed by atoms with E-state index in [9.17, 15) is 14.7 Å². The molecule has 2 aliphatic rings. The van der Waals surface area contributed by atoms with Gasteiger partial charge in [-0.1, -0.05) is 50.6 Å². The van der Waals surface area contributed by atoms with Crippen LogP contribution >= 0.6 is 0 Å². The third-order valence-electron chi connectivity index (χ3n) is 8.56. The van der Waals surface area contributed by atoms with E-state index in [4.69, 9.17) is 14.2 Å².